The molecule has 0 saturated carbocycles. The van der Waals surface area contributed by atoms with Crippen LogP contribution in [-0.4, -0.2) is 15.1 Å². The van der Waals surface area contributed by atoms with Gasteiger partial charge in [-0.2, -0.15) is 5.26 Å². The van der Waals surface area contributed by atoms with Gasteiger partial charge >= 0.3 is 0 Å². The number of nitrogens with zero attached hydrogens (tertiary/aromatic N) is 3. The van der Waals surface area contributed by atoms with Crippen molar-refractivity contribution < 1.29 is 0 Å². The first-order chi connectivity index (χ1) is 11.3. The summed E-state index contributed by atoms with van der Waals surface area (Å²) in [5.74, 6) is 1.00. The third-order valence-corrected chi connectivity index (χ3v) is 4.84. The molecule has 0 amide bonds. The van der Waals surface area contributed by atoms with Crippen molar-refractivity contribution in [3.05, 3.63) is 65.7 Å². The number of hydrogen-bond donors (Lipinski definition) is 0. The number of thioether (sulfide) groups is 1. The molecule has 0 fully saturated rings. The Hall–Kier alpha value is -2.25. The highest BCUT2D eigenvalue weighted by Gasteiger charge is 2.13. The molecule has 0 atom stereocenters. The number of aryl methyl sites for hydroxylation is 2. The fraction of sp³-hybridized carbons (Fsp3) is 0.263. The number of benzene rings is 1. The highest BCUT2D eigenvalue weighted by molar-refractivity contribution is 7.99. The molecule has 3 aromatic rings. The molecule has 3 rings (SSSR count). The van der Waals surface area contributed by atoms with E-state index in [-0.39, 0.29) is 0 Å². The van der Waals surface area contributed by atoms with Crippen molar-refractivity contribution in [2.45, 2.75) is 31.1 Å². The second kappa shape index (κ2) is 7.34. The molecule has 0 saturated heterocycles. The third kappa shape index (κ3) is 3.40. The van der Waals surface area contributed by atoms with E-state index >= 15 is 0 Å². The number of nitriles is 1. The molecule has 0 bridgehead atoms. The van der Waals surface area contributed by atoms with Crippen LogP contribution in [0.3, 0.4) is 0 Å². The molecule has 23 heavy (non-hydrogen) atoms. The van der Waals surface area contributed by atoms with Gasteiger partial charge in [-0.15, -0.1) is 11.8 Å². The fourth-order valence-corrected chi connectivity index (χ4v) is 3.66. The zero-order valence-corrected chi connectivity index (χ0v) is 14.0. The van der Waals surface area contributed by atoms with Crippen LogP contribution in [0, 0.1) is 11.3 Å². The van der Waals surface area contributed by atoms with Gasteiger partial charge in [0.15, 0.2) is 0 Å². The van der Waals surface area contributed by atoms with E-state index in [4.69, 9.17) is 5.26 Å². The molecule has 1 aromatic carbocycles. The van der Waals surface area contributed by atoms with Crippen LogP contribution < -0.4 is 0 Å². The van der Waals surface area contributed by atoms with E-state index in [1.165, 1.54) is 10.5 Å². The predicted octanol–water partition coefficient (Wildman–Crippen LogP) is 4.30. The lowest BCUT2D eigenvalue weighted by molar-refractivity contribution is 0.898. The molecule has 4 heteroatoms. The van der Waals surface area contributed by atoms with Gasteiger partial charge < -0.3 is 4.40 Å². The minimum atomic E-state index is 0.429. The van der Waals surface area contributed by atoms with Gasteiger partial charge in [0.05, 0.1) is 29.4 Å². The van der Waals surface area contributed by atoms with E-state index in [0.29, 0.717) is 6.42 Å². The summed E-state index contributed by atoms with van der Waals surface area (Å²) in [5.41, 5.74) is 4.63. The van der Waals surface area contributed by atoms with Crippen LogP contribution in [0.4, 0.5) is 0 Å². The van der Waals surface area contributed by atoms with E-state index in [0.717, 1.165) is 35.5 Å². The molecule has 0 radical (unpaired) electrons. The summed E-state index contributed by atoms with van der Waals surface area (Å²) in [7, 11) is 0. The summed E-state index contributed by atoms with van der Waals surface area (Å²) in [4.78, 5) is 5.78. The van der Waals surface area contributed by atoms with Gasteiger partial charge in [-0.1, -0.05) is 37.3 Å². The maximum absolute atomic E-state index is 9.12. The van der Waals surface area contributed by atoms with Crippen molar-refractivity contribution in [1.29, 1.82) is 5.26 Å². The second-order valence-corrected chi connectivity index (χ2v) is 6.64. The van der Waals surface area contributed by atoms with Crippen LogP contribution >= 0.6 is 11.8 Å². The summed E-state index contributed by atoms with van der Waals surface area (Å²) in [6.07, 6.45) is 6.12. The predicted molar refractivity (Wildman–Crippen MR) is 94.8 cm³/mol. The number of hydrogen-bond acceptors (Lipinski definition) is 3. The largest absolute Gasteiger partial charge is 0.315 e. The van der Waals surface area contributed by atoms with Crippen molar-refractivity contribution in [2.24, 2.45) is 0 Å². The first kappa shape index (κ1) is 15.6. The third-order valence-electron chi connectivity index (χ3n) is 3.88. The van der Waals surface area contributed by atoms with E-state index in [9.17, 15) is 0 Å². The van der Waals surface area contributed by atoms with E-state index in [1.807, 2.05) is 18.5 Å². The lowest BCUT2D eigenvalue weighted by atomic mass is 10.1. The summed E-state index contributed by atoms with van der Waals surface area (Å²) in [6.45, 7) is 2.14. The first-order valence-electron chi connectivity index (χ1n) is 7.85. The zero-order valence-electron chi connectivity index (χ0n) is 13.2. The standard InChI is InChI=1S/C19H19N3S/c1-2-23-19-14-18-16(9-8-15-6-4-3-5-7-15)21-12-13-22(18)17(19)10-11-20/h3-7,12-14H,2,8-10H2,1H3. The van der Waals surface area contributed by atoms with Gasteiger partial charge in [0, 0.05) is 17.3 Å². The molecule has 0 N–H and O–H groups in total. The number of fused-ring (bicyclic) bond motifs is 1. The van der Waals surface area contributed by atoms with Crippen molar-refractivity contribution in [1.82, 2.24) is 9.38 Å². The molecule has 0 aliphatic rings. The topological polar surface area (TPSA) is 41.1 Å². The summed E-state index contributed by atoms with van der Waals surface area (Å²) in [5, 5.41) is 9.12. The van der Waals surface area contributed by atoms with Gasteiger partial charge in [0.25, 0.3) is 0 Å². The highest BCUT2D eigenvalue weighted by atomic mass is 32.2. The zero-order chi connectivity index (χ0) is 16.1. The van der Waals surface area contributed by atoms with Crippen LogP contribution in [0.25, 0.3) is 5.52 Å². The SMILES string of the molecule is CCSc1cc2c(CCc3ccccc3)nccn2c1CC#N. The smallest absolute Gasteiger partial charge is 0.0769 e. The first-order valence-corrected chi connectivity index (χ1v) is 8.83. The van der Waals surface area contributed by atoms with Crippen LogP contribution in [0.15, 0.2) is 53.7 Å². The maximum atomic E-state index is 9.12. The van der Waals surface area contributed by atoms with Crippen molar-refractivity contribution in [3.63, 3.8) is 0 Å². The molecule has 3 nitrogen and oxygen atoms in total. The van der Waals surface area contributed by atoms with Crippen LogP contribution in [0.5, 0.6) is 0 Å². The molecule has 2 aromatic heterocycles. The van der Waals surface area contributed by atoms with Crippen LogP contribution in [0.1, 0.15) is 23.9 Å². The molecule has 0 aliphatic carbocycles. The van der Waals surface area contributed by atoms with E-state index in [1.54, 1.807) is 11.8 Å². The minimum absolute atomic E-state index is 0.429. The number of aromatic nitrogens is 2. The lowest BCUT2D eigenvalue weighted by Gasteiger charge is -2.05. The molecular formula is C19H19N3S. The van der Waals surface area contributed by atoms with Gasteiger partial charge in [-0.05, 0) is 30.2 Å². The average Bonchev–Trinajstić information content (AvgIpc) is 2.93. The molecule has 0 unspecified atom stereocenters. The Morgan fingerprint density at radius 1 is 1.22 bits per heavy atom. The van der Waals surface area contributed by atoms with Gasteiger partial charge in [0.2, 0.25) is 0 Å². The minimum Gasteiger partial charge on any atom is -0.315 e. The molecule has 2 heterocycles. The van der Waals surface area contributed by atoms with Crippen molar-refractivity contribution in [3.8, 4) is 6.07 Å². The Morgan fingerprint density at radius 2 is 2.04 bits per heavy atom. The van der Waals surface area contributed by atoms with Crippen LogP contribution in [0.2, 0.25) is 0 Å². The fourth-order valence-electron chi connectivity index (χ4n) is 2.82. The Labute approximate surface area is 141 Å². The molecule has 116 valence electrons. The molecule has 0 aliphatic heterocycles. The molecule has 0 spiro atoms. The Kier molecular flexibility index (Phi) is 4.99. The van der Waals surface area contributed by atoms with Crippen LogP contribution in [-0.2, 0) is 19.3 Å². The quantitative estimate of drug-likeness (QED) is 0.636. The second-order valence-electron chi connectivity index (χ2n) is 5.34. The summed E-state index contributed by atoms with van der Waals surface area (Å²) < 4.78 is 2.13. The Bertz CT molecular complexity index is 831. The van der Waals surface area contributed by atoms with Gasteiger partial charge in [-0.3, -0.25) is 4.98 Å². The summed E-state index contributed by atoms with van der Waals surface area (Å²) >= 11 is 1.79. The van der Waals surface area contributed by atoms with Crippen molar-refractivity contribution >= 4 is 17.3 Å². The lowest BCUT2D eigenvalue weighted by Crippen LogP contribution is -2.00. The Morgan fingerprint density at radius 3 is 2.78 bits per heavy atom. The van der Waals surface area contributed by atoms with Gasteiger partial charge in [-0.25, -0.2) is 0 Å². The Balaban J connectivity index is 1.95. The highest BCUT2D eigenvalue weighted by Crippen LogP contribution is 2.28. The maximum Gasteiger partial charge on any atom is 0.0769 e. The van der Waals surface area contributed by atoms with E-state index in [2.05, 4.69) is 52.7 Å². The van der Waals surface area contributed by atoms with Crippen molar-refractivity contribution in [2.75, 3.05) is 5.75 Å². The van der Waals surface area contributed by atoms with Gasteiger partial charge in [0.1, 0.15) is 0 Å². The normalized spacial score (nSPS) is 10.8. The number of rotatable bonds is 6. The average molecular weight is 321 g/mol. The summed E-state index contributed by atoms with van der Waals surface area (Å²) in [6, 6.07) is 15.0. The van der Waals surface area contributed by atoms with E-state index < -0.39 is 0 Å². The molecular weight excluding hydrogens is 302 g/mol. The monoisotopic (exact) mass is 321 g/mol.